The number of esters is 1. The molecule has 8 heteroatoms. The number of para-hydroxylation sites is 1. The number of ether oxygens (including phenoxy) is 1. The number of fused-ring (bicyclic) bond motifs is 1. The zero-order chi connectivity index (χ0) is 17.4. The number of nitriles is 1. The largest absolute Gasteiger partial charge is 0.464 e. The van der Waals surface area contributed by atoms with Crippen molar-refractivity contribution in [2.75, 3.05) is 24.8 Å². The van der Waals surface area contributed by atoms with Crippen LogP contribution in [0.4, 0.5) is 16.2 Å². The second kappa shape index (κ2) is 5.62. The first-order valence-electron chi connectivity index (χ1n) is 7.12. The predicted octanol–water partition coefficient (Wildman–Crippen LogP) is 1.38. The molecule has 1 aromatic carbocycles. The van der Waals surface area contributed by atoms with E-state index in [0.717, 1.165) is 5.56 Å². The van der Waals surface area contributed by atoms with Crippen molar-refractivity contribution >= 4 is 23.4 Å². The van der Waals surface area contributed by atoms with E-state index in [1.165, 1.54) is 22.8 Å². The Hall–Kier alpha value is -3.47. The van der Waals surface area contributed by atoms with E-state index in [9.17, 15) is 14.9 Å². The molecule has 0 radical (unpaired) electrons. The van der Waals surface area contributed by atoms with Gasteiger partial charge in [-0.1, -0.05) is 12.1 Å². The number of amides is 2. The van der Waals surface area contributed by atoms with Crippen LogP contribution in [-0.4, -0.2) is 30.7 Å². The molecule has 0 fully saturated rings. The number of nitrogens with zero attached hydrogens (tertiary/aromatic N) is 3. The van der Waals surface area contributed by atoms with Gasteiger partial charge in [0.25, 0.3) is 0 Å². The Kier molecular flexibility index (Phi) is 3.62. The van der Waals surface area contributed by atoms with E-state index in [1.54, 1.807) is 13.1 Å². The lowest BCUT2D eigenvalue weighted by Gasteiger charge is -2.29. The molecular weight excluding hydrogens is 310 g/mol. The van der Waals surface area contributed by atoms with Gasteiger partial charge in [0.15, 0.2) is 5.69 Å². The molecular formula is C16H15N5O3. The van der Waals surface area contributed by atoms with Gasteiger partial charge in [0, 0.05) is 19.8 Å². The maximum absolute atomic E-state index is 12.1. The van der Waals surface area contributed by atoms with Gasteiger partial charge < -0.3 is 20.4 Å². The molecule has 0 spiro atoms. The topological polar surface area (TPSA) is 113 Å². The Morgan fingerprint density at radius 1 is 1.46 bits per heavy atom. The summed E-state index contributed by atoms with van der Waals surface area (Å²) >= 11 is 0. The van der Waals surface area contributed by atoms with Crippen molar-refractivity contribution in [1.29, 1.82) is 5.26 Å². The summed E-state index contributed by atoms with van der Waals surface area (Å²) in [5.74, 6) is -0.658. The number of hydrogen-bond acceptors (Lipinski definition) is 5. The van der Waals surface area contributed by atoms with Crippen LogP contribution in [0.2, 0.25) is 0 Å². The lowest BCUT2D eigenvalue weighted by atomic mass is 10.1. The van der Waals surface area contributed by atoms with Crippen molar-refractivity contribution in [2.24, 2.45) is 0 Å². The zero-order valence-electron chi connectivity index (χ0n) is 13.2. The average Bonchev–Trinajstić information content (AvgIpc) is 2.93. The molecule has 2 amide bonds. The average molecular weight is 325 g/mol. The second-order valence-corrected chi connectivity index (χ2v) is 5.28. The highest BCUT2D eigenvalue weighted by atomic mass is 16.5. The van der Waals surface area contributed by atoms with Crippen LogP contribution in [0.5, 0.6) is 0 Å². The summed E-state index contributed by atoms with van der Waals surface area (Å²) in [7, 11) is 2.87. The summed E-state index contributed by atoms with van der Waals surface area (Å²) in [6.45, 7) is 0.377. The predicted molar refractivity (Wildman–Crippen MR) is 86.9 cm³/mol. The highest BCUT2D eigenvalue weighted by molar-refractivity contribution is 5.99. The Morgan fingerprint density at radius 3 is 2.88 bits per heavy atom. The van der Waals surface area contributed by atoms with E-state index in [2.05, 4.69) is 5.32 Å². The van der Waals surface area contributed by atoms with Crippen molar-refractivity contribution in [3.05, 3.63) is 41.2 Å². The number of benzene rings is 1. The molecule has 1 aliphatic rings. The van der Waals surface area contributed by atoms with Gasteiger partial charge in [-0.2, -0.15) is 5.26 Å². The number of carbonyl (C=O) groups is 2. The molecule has 2 heterocycles. The Morgan fingerprint density at radius 2 is 2.21 bits per heavy atom. The molecule has 1 aliphatic heterocycles. The molecule has 0 bridgehead atoms. The molecule has 2 aromatic rings. The van der Waals surface area contributed by atoms with Gasteiger partial charge in [-0.25, -0.2) is 9.59 Å². The van der Waals surface area contributed by atoms with Crippen molar-refractivity contribution in [1.82, 2.24) is 9.88 Å². The third kappa shape index (κ3) is 2.14. The van der Waals surface area contributed by atoms with Gasteiger partial charge in [0.05, 0.1) is 29.7 Å². The van der Waals surface area contributed by atoms with Crippen LogP contribution >= 0.6 is 0 Å². The standard InChI is InChI=1S/C16H15N5O3/c1-20-13-9(7-19-16(20)23)4-3-5-11(13)21-8-10(6-17)12(18)14(21)15(22)24-2/h3-5,8H,7,18H2,1-2H3,(H,19,23). The summed E-state index contributed by atoms with van der Waals surface area (Å²) < 4.78 is 6.28. The Labute approximate surface area is 138 Å². The fourth-order valence-corrected chi connectivity index (χ4v) is 2.80. The number of urea groups is 1. The SMILES string of the molecule is COC(=O)c1c(N)c(C#N)cn1-c1cccc2c1N(C)C(=O)NC2. The summed E-state index contributed by atoms with van der Waals surface area (Å²) in [4.78, 5) is 25.6. The highest BCUT2D eigenvalue weighted by Gasteiger charge is 2.28. The number of nitrogens with one attached hydrogen (secondary N) is 1. The quantitative estimate of drug-likeness (QED) is 0.810. The van der Waals surface area contributed by atoms with Crippen LogP contribution in [0.3, 0.4) is 0 Å². The first-order chi connectivity index (χ1) is 11.5. The lowest BCUT2D eigenvalue weighted by molar-refractivity contribution is 0.0593. The van der Waals surface area contributed by atoms with Gasteiger partial charge in [-0.05, 0) is 11.6 Å². The summed E-state index contributed by atoms with van der Waals surface area (Å²) in [6, 6.07) is 7.14. The van der Waals surface area contributed by atoms with Gasteiger partial charge in [-0.15, -0.1) is 0 Å². The number of nitrogen functional groups attached to an aromatic ring is 1. The monoisotopic (exact) mass is 325 g/mol. The van der Waals surface area contributed by atoms with Crippen LogP contribution in [0, 0.1) is 11.3 Å². The second-order valence-electron chi connectivity index (χ2n) is 5.28. The number of rotatable bonds is 2. The van der Waals surface area contributed by atoms with Gasteiger partial charge in [-0.3, -0.25) is 4.90 Å². The first kappa shape index (κ1) is 15.4. The van der Waals surface area contributed by atoms with Crippen LogP contribution in [0.15, 0.2) is 24.4 Å². The van der Waals surface area contributed by atoms with Crippen LogP contribution in [0.1, 0.15) is 21.6 Å². The van der Waals surface area contributed by atoms with E-state index < -0.39 is 5.97 Å². The molecule has 24 heavy (non-hydrogen) atoms. The van der Waals surface area contributed by atoms with Gasteiger partial charge in [0.2, 0.25) is 0 Å². The molecule has 3 rings (SSSR count). The highest BCUT2D eigenvalue weighted by Crippen LogP contribution is 2.34. The molecule has 0 saturated carbocycles. The number of hydrogen-bond donors (Lipinski definition) is 2. The van der Waals surface area contributed by atoms with Crippen molar-refractivity contribution in [3.63, 3.8) is 0 Å². The molecule has 0 saturated heterocycles. The maximum atomic E-state index is 12.1. The van der Waals surface area contributed by atoms with Gasteiger partial charge in [0.1, 0.15) is 6.07 Å². The van der Waals surface area contributed by atoms with E-state index in [1.807, 2.05) is 18.2 Å². The maximum Gasteiger partial charge on any atom is 0.357 e. The van der Waals surface area contributed by atoms with Crippen molar-refractivity contribution in [3.8, 4) is 11.8 Å². The van der Waals surface area contributed by atoms with Crippen LogP contribution < -0.4 is 16.0 Å². The van der Waals surface area contributed by atoms with E-state index in [4.69, 9.17) is 10.5 Å². The van der Waals surface area contributed by atoms with E-state index in [-0.39, 0.29) is 23.0 Å². The van der Waals surface area contributed by atoms with Crippen molar-refractivity contribution < 1.29 is 14.3 Å². The molecule has 0 atom stereocenters. The minimum atomic E-state index is -0.658. The molecule has 8 nitrogen and oxygen atoms in total. The number of nitrogens with two attached hydrogens (primary N) is 1. The minimum absolute atomic E-state index is 0.0462. The minimum Gasteiger partial charge on any atom is -0.464 e. The normalized spacial score (nSPS) is 13.0. The van der Waals surface area contributed by atoms with Crippen LogP contribution in [-0.2, 0) is 11.3 Å². The van der Waals surface area contributed by atoms with E-state index >= 15 is 0 Å². The molecule has 3 N–H and O–H groups in total. The summed E-state index contributed by atoms with van der Waals surface area (Å²) in [5, 5.41) is 12.0. The molecule has 122 valence electrons. The molecule has 0 unspecified atom stereocenters. The smallest absolute Gasteiger partial charge is 0.357 e. The number of carbonyl (C=O) groups excluding carboxylic acids is 2. The van der Waals surface area contributed by atoms with E-state index in [0.29, 0.717) is 17.9 Å². The fourth-order valence-electron chi connectivity index (χ4n) is 2.80. The molecule has 0 aliphatic carbocycles. The van der Waals surface area contributed by atoms with Gasteiger partial charge >= 0.3 is 12.0 Å². The molecule has 1 aromatic heterocycles. The third-order valence-corrected chi connectivity index (χ3v) is 3.97. The fraction of sp³-hybridized carbons (Fsp3) is 0.188. The number of anilines is 2. The first-order valence-corrected chi connectivity index (χ1v) is 7.12. The Balaban J connectivity index is 2.31. The summed E-state index contributed by atoms with van der Waals surface area (Å²) in [6.07, 6.45) is 1.47. The third-order valence-electron chi connectivity index (χ3n) is 3.97. The summed E-state index contributed by atoms with van der Waals surface area (Å²) in [5.41, 5.74) is 8.29. The van der Waals surface area contributed by atoms with Crippen molar-refractivity contribution in [2.45, 2.75) is 6.54 Å². The number of methoxy groups -OCH3 is 1. The Bertz CT molecular complexity index is 894. The van der Waals surface area contributed by atoms with Crippen LogP contribution in [0.25, 0.3) is 5.69 Å². The zero-order valence-corrected chi connectivity index (χ0v) is 13.2. The number of aromatic nitrogens is 1. The lowest BCUT2D eigenvalue weighted by Crippen LogP contribution is -2.42.